The lowest BCUT2D eigenvalue weighted by Crippen LogP contribution is -2.41. The first-order chi connectivity index (χ1) is 11.0. The van der Waals surface area contributed by atoms with Gasteiger partial charge in [-0.3, -0.25) is 9.59 Å². The number of rotatable bonds is 4. The first-order valence-corrected chi connectivity index (χ1v) is 8.48. The van der Waals surface area contributed by atoms with Gasteiger partial charge in [0.15, 0.2) is 0 Å². The minimum atomic E-state index is -0.0680. The lowest BCUT2D eigenvalue weighted by molar-refractivity contribution is -0.147. The van der Waals surface area contributed by atoms with Gasteiger partial charge < -0.3 is 9.64 Å². The average molecular weight is 315 g/mol. The number of benzene rings is 1. The number of amides is 1. The second-order valence-corrected chi connectivity index (χ2v) is 7.50. The van der Waals surface area contributed by atoms with Crippen LogP contribution in [0.5, 0.6) is 0 Å². The Morgan fingerprint density at radius 1 is 1.26 bits per heavy atom. The lowest BCUT2D eigenvalue weighted by atomic mass is 9.98. The Morgan fingerprint density at radius 2 is 1.96 bits per heavy atom. The van der Waals surface area contributed by atoms with Gasteiger partial charge in [-0.15, -0.1) is 0 Å². The van der Waals surface area contributed by atoms with Crippen molar-refractivity contribution in [2.24, 2.45) is 17.3 Å². The minimum absolute atomic E-state index is 0.0631. The highest BCUT2D eigenvalue weighted by atomic mass is 16.5. The van der Waals surface area contributed by atoms with E-state index in [1.54, 1.807) is 0 Å². The molecule has 2 fully saturated rings. The first kappa shape index (κ1) is 16.0. The molecule has 1 amide bonds. The summed E-state index contributed by atoms with van der Waals surface area (Å²) in [5, 5.41) is 0. The van der Waals surface area contributed by atoms with E-state index in [1.165, 1.54) is 0 Å². The van der Waals surface area contributed by atoms with Crippen molar-refractivity contribution >= 4 is 11.9 Å². The maximum Gasteiger partial charge on any atom is 0.309 e. The molecule has 1 aromatic carbocycles. The van der Waals surface area contributed by atoms with Crippen molar-refractivity contribution in [1.82, 2.24) is 4.90 Å². The van der Waals surface area contributed by atoms with Crippen molar-refractivity contribution in [3.8, 4) is 0 Å². The fourth-order valence-corrected chi connectivity index (χ4v) is 3.32. The molecule has 1 saturated heterocycles. The molecule has 1 saturated carbocycles. The van der Waals surface area contributed by atoms with E-state index in [4.69, 9.17) is 4.74 Å². The molecule has 1 aromatic rings. The Hall–Kier alpha value is -1.84. The molecule has 4 nitrogen and oxygen atoms in total. The van der Waals surface area contributed by atoms with Crippen LogP contribution in [0.1, 0.15) is 43.5 Å². The number of likely N-dealkylation sites (tertiary alicyclic amines) is 1. The van der Waals surface area contributed by atoms with Gasteiger partial charge in [-0.25, -0.2) is 0 Å². The summed E-state index contributed by atoms with van der Waals surface area (Å²) in [7, 11) is 0. The van der Waals surface area contributed by atoms with E-state index in [-0.39, 0.29) is 29.1 Å². The highest BCUT2D eigenvalue weighted by Gasteiger charge is 2.51. The summed E-state index contributed by atoms with van der Waals surface area (Å²) in [6, 6.07) is 9.37. The average Bonchev–Trinajstić information content (AvgIpc) is 3.22. The number of ether oxygens (including phenoxy) is 1. The standard InChI is InChI=1S/C19H25NO3/c1-19(2)11-16(19)18(22)23-13-14-7-6-10-20(12-14)17(21)15-8-4-3-5-9-15/h3-5,8-9,14,16H,6-7,10-13H2,1-2H3/t14-,16-/m0/s1. The van der Waals surface area contributed by atoms with Crippen molar-refractivity contribution in [3.05, 3.63) is 35.9 Å². The Kier molecular flexibility index (Phi) is 4.42. The number of carbonyl (C=O) groups excluding carboxylic acids is 2. The Labute approximate surface area is 137 Å². The molecule has 0 aromatic heterocycles. The van der Waals surface area contributed by atoms with E-state index in [9.17, 15) is 9.59 Å². The number of hydrogen-bond acceptors (Lipinski definition) is 3. The number of piperidine rings is 1. The van der Waals surface area contributed by atoms with E-state index >= 15 is 0 Å². The van der Waals surface area contributed by atoms with Gasteiger partial charge >= 0.3 is 5.97 Å². The predicted molar refractivity (Wildman–Crippen MR) is 87.9 cm³/mol. The number of hydrogen-bond donors (Lipinski definition) is 0. The molecule has 1 aliphatic heterocycles. The summed E-state index contributed by atoms with van der Waals surface area (Å²) < 4.78 is 5.50. The van der Waals surface area contributed by atoms with E-state index in [1.807, 2.05) is 35.2 Å². The summed E-state index contributed by atoms with van der Waals surface area (Å²) in [5.41, 5.74) is 0.837. The fraction of sp³-hybridized carbons (Fsp3) is 0.579. The van der Waals surface area contributed by atoms with Gasteiger partial charge in [0.05, 0.1) is 12.5 Å². The third-order valence-corrected chi connectivity index (χ3v) is 5.09. The van der Waals surface area contributed by atoms with Crippen LogP contribution in [0, 0.1) is 17.3 Å². The maximum absolute atomic E-state index is 12.5. The molecule has 1 heterocycles. The largest absolute Gasteiger partial charge is 0.465 e. The van der Waals surface area contributed by atoms with Crippen molar-refractivity contribution < 1.29 is 14.3 Å². The number of esters is 1. The Balaban J connectivity index is 1.50. The third kappa shape index (κ3) is 3.74. The minimum Gasteiger partial charge on any atom is -0.465 e. The third-order valence-electron chi connectivity index (χ3n) is 5.09. The predicted octanol–water partition coefficient (Wildman–Crippen LogP) is 3.13. The van der Waals surface area contributed by atoms with Crippen LogP contribution in [0.3, 0.4) is 0 Å². The van der Waals surface area contributed by atoms with E-state index in [2.05, 4.69) is 13.8 Å². The molecule has 0 bridgehead atoms. The van der Waals surface area contributed by atoms with Gasteiger partial charge in [-0.05, 0) is 36.8 Å². The van der Waals surface area contributed by atoms with Crippen molar-refractivity contribution in [2.75, 3.05) is 19.7 Å². The molecule has 2 aliphatic rings. The molecule has 3 rings (SSSR count). The summed E-state index contributed by atoms with van der Waals surface area (Å²) in [6.45, 7) is 6.09. The smallest absolute Gasteiger partial charge is 0.309 e. The molecule has 1 aliphatic carbocycles. The van der Waals surface area contributed by atoms with Crippen molar-refractivity contribution in [3.63, 3.8) is 0 Å². The lowest BCUT2D eigenvalue weighted by Gasteiger charge is -2.32. The van der Waals surface area contributed by atoms with Crippen LogP contribution in [0.15, 0.2) is 30.3 Å². The molecule has 0 unspecified atom stereocenters. The molecule has 124 valence electrons. The van der Waals surface area contributed by atoms with Crippen LogP contribution in [-0.2, 0) is 9.53 Å². The van der Waals surface area contributed by atoms with E-state index in [0.29, 0.717) is 13.2 Å². The van der Waals surface area contributed by atoms with Gasteiger partial charge in [-0.2, -0.15) is 0 Å². The molecule has 0 spiro atoms. The van der Waals surface area contributed by atoms with Crippen molar-refractivity contribution in [2.45, 2.75) is 33.1 Å². The quantitative estimate of drug-likeness (QED) is 0.802. The highest BCUT2D eigenvalue weighted by Crippen LogP contribution is 2.52. The second-order valence-electron chi connectivity index (χ2n) is 7.50. The van der Waals surface area contributed by atoms with Gasteiger partial charge in [0, 0.05) is 24.6 Å². The fourth-order valence-electron chi connectivity index (χ4n) is 3.32. The topological polar surface area (TPSA) is 46.6 Å². The highest BCUT2D eigenvalue weighted by molar-refractivity contribution is 5.94. The number of carbonyl (C=O) groups is 2. The monoisotopic (exact) mass is 315 g/mol. The zero-order valence-electron chi connectivity index (χ0n) is 14.0. The van der Waals surface area contributed by atoms with Gasteiger partial charge in [-0.1, -0.05) is 32.0 Å². The number of nitrogens with zero attached hydrogens (tertiary/aromatic N) is 1. The van der Waals surface area contributed by atoms with Crippen LogP contribution in [0.4, 0.5) is 0 Å². The maximum atomic E-state index is 12.5. The Bertz CT molecular complexity index is 582. The molecular weight excluding hydrogens is 290 g/mol. The molecule has 23 heavy (non-hydrogen) atoms. The zero-order chi connectivity index (χ0) is 16.4. The normalized spacial score (nSPS) is 25.7. The molecule has 4 heteroatoms. The van der Waals surface area contributed by atoms with Crippen molar-refractivity contribution in [1.29, 1.82) is 0 Å². The molecule has 2 atom stereocenters. The summed E-state index contributed by atoms with van der Waals surface area (Å²) >= 11 is 0. The van der Waals surface area contributed by atoms with Crippen LogP contribution < -0.4 is 0 Å². The van der Waals surface area contributed by atoms with Crippen LogP contribution >= 0.6 is 0 Å². The molecule has 0 N–H and O–H groups in total. The summed E-state index contributed by atoms with van der Waals surface area (Å²) in [5.74, 6) is 0.321. The van der Waals surface area contributed by atoms with Crippen LogP contribution in [0.2, 0.25) is 0 Å². The van der Waals surface area contributed by atoms with Gasteiger partial charge in [0.25, 0.3) is 5.91 Å². The van der Waals surface area contributed by atoms with E-state index in [0.717, 1.165) is 31.4 Å². The molecular formula is C19H25NO3. The Morgan fingerprint density at radius 3 is 2.61 bits per heavy atom. The summed E-state index contributed by atoms with van der Waals surface area (Å²) in [6.07, 6.45) is 2.91. The SMILES string of the molecule is CC1(C)C[C@H]1C(=O)OC[C@H]1CCCN(C(=O)c2ccccc2)C1. The van der Waals surface area contributed by atoms with Crippen LogP contribution in [0.25, 0.3) is 0 Å². The van der Waals surface area contributed by atoms with Gasteiger partial charge in [0.1, 0.15) is 0 Å². The van der Waals surface area contributed by atoms with Gasteiger partial charge in [0.2, 0.25) is 0 Å². The zero-order valence-corrected chi connectivity index (χ0v) is 14.0. The summed E-state index contributed by atoms with van der Waals surface area (Å²) in [4.78, 5) is 26.4. The molecule has 0 radical (unpaired) electrons. The second kappa shape index (κ2) is 6.34. The van der Waals surface area contributed by atoms with E-state index < -0.39 is 0 Å². The van der Waals surface area contributed by atoms with Crippen LogP contribution in [-0.4, -0.2) is 36.5 Å². The first-order valence-electron chi connectivity index (χ1n) is 8.48.